The lowest BCUT2D eigenvalue weighted by Gasteiger charge is -1.98. The second kappa shape index (κ2) is 5.73. The molecular weight excluding hydrogens is 353 g/mol. The lowest BCUT2D eigenvalue weighted by molar-refractivity contribution is 0.0697. The van der Waals surface area contributed by atoms with Crippen LogP contribution in [0, 0.1) is 5.82 Å². The maximum atomic E-state index is 13.9. The summed E-state index contributed by atoms with van der Waals surface area (Å²) in [7, 11) is 0. The Morgan fingerprint density at radius 1 is 1.18 bits per heavy atom. The molecule has 0 amide bonds. The minimum atomic E-state index is -1.02. The molecule has 0 saturated carbocycles. The summed E-state index contributed by atoms with van der Waals surface area (Å²) in [6, 6.07) is 12.5. The van der Waals surface area contributed by atoms with Gasteiger partial charge in [-0.3, -0.25) is 0 Å². The molecule has 3 aromatic rings. The molecule has 6 heteroatoms. The molecule has 110 valence electrons. The van der Waals surface area contributed by atoms with Crippen LogP contribution in [0.25, 0.3) is 22.6 Å². The molecule has 4 nitrogen and oxygen atoms in total. The smallest absolute Gasteiger partial charge is 0.335 e. The second-order valence-electron chi connectivity index (χ2n) is 4.59. The summed E-state index contributed by atoms with van der Waals surface area (Å²) in [5, 5.41) is 12.9. The van der Waals surface area contributed by atoms with Gasteiger partial charge in [-0.2, -0.15) is 0 Å². The minimum Gasteiger partial charge on any atom is -0.478 e. The van der Waals surface area contributed by atoms with Crippen molar-refractivity contribution in [3.63, 3.8) is 0 Å². The van der Waals surface area contributed by atoms with Crippen molar-refractivity contribution in [1.82, 2.24) is 5.16 Å². The number of hydrogen-bond acceptors (Lipinski definition) is 3. The predicted octanol–water partition coefficient (Wildman–Crippen LogP) is 4.61. The lowest BCUT2D eigenvalue weighted by atomic mass is 10.1. The second-order valence-corrected chi connectivity index (χ2v) is 5.50. The molecule has 0 radical (unpaired) electrons. The quantitative estimate of drug-likeness (QED) is 0.739. The van der Waals surface area contributed by atoms with Crippen LogP contribution in [0.4, 0.5) is 4.39 Å². The van der Waals surface area contributed by atoms with E-state index < -0.39 is 11.8 Å². The van der Waals surface area contributed by atoms with Crippen LogP contribution in [0.1, 0.15) is 10.4 Å². The highest BCUT2D eigenvalue weighted by atomic mass is 79.9. The average molecular weight is 362 g/mol. The molecule has 0 spiro atoms. The van der Waals surface area contributed by atoms with Crippen molar-refractivity contribution in [1.29, 1.82) is 0 Å². The summed E-state index contributed by atoms with van der Waals surface area (Å²) >= 11 is 3.19. The van der Waals surface area contributed by atoms with Gasteiger partial charge in [-0.15, -0.1) is 0 Å². The number of benzene rings is 2. The van der Waals surface area contributed by atoms with Crippen LogP contribution in [0.15, 0.2) is 57.5 Å². The predicted molar refractivity (Wildman–Crippen MR) is 82.0 cm³/mol. The van der Waals surface area contributed by atoms with Gasteiger partial charge in [-0.05, 0) is 30.3 Å². The van der Waals surface area contributed by atoms with Gasteiger partial charge in [0.25, 0.3) is 0 Å². The lowest BCUT2D eigenvalue weighted by Crippen LogP contribution is -1.95. The number of rotatable bonds is 3. The van der Waals surface area contributed by atoms with Crippen LogP contribution >= 0.6 is 15.9 Å². The fraction of sp³-hybridized carbons (Fsp3) is 0. The first-order valence-corrected chi connectivity index (χ1v) is 7.10. The third kappa shape index (κ3) is 2.78. The molecule has 0 aliphatic rings. The van der Waals surface area contributed by atoms with Gasteiger partial charge < -0.3 is 9.63 Å². The van der Waals surface area contributed by atoms with Crippen molar-refractivity contribution in [2.75, 3.05) is 0 Å². The van der Waals surface area contributed by atoms with E-state index in [1.54, 1.807) is 30.3 Å². The molecule has 0 bridgehead atoms. The Kier molecular flexibility index (Phi) is 3.77. The molecule has 0 aliphatic carbocycles. The van der Waals surface area contributed by atoms with Gasteiger partial charge in [0.15, 0.2) is 5.76 Å². The molecule has 1 N–H and O–H groups in total. The fourth-order valence-electron chi connectivity index (χ4n) is 2.04. The Bertz CT molecular complexity index is 860. The normalized spacial score (nSPS) is 10.6. The monoisotopic (exact) mass is 361 g/mol. The van der Waals surface area contributed by atoms with E-state index in [1.807, 2.05) is 0 Å². The zero-order chi connectivity index (χ0) is 15.7. The molecule has 1 aromatic heterocycles. The molecule has 1 heterocycles. The fourth-order valence-corrected chi connectivity index (χ4v) is 2.37. The van der Waals surface area contributed by atoms with Gasteiger partial charge in [0.05, 0.1) is 11.1 Å². The Morgan fingerprint density at radius 2 is 2.00 bits per heavy atom. The van der Waals surface area contributed by atoms with Gasteiger partial charge in [0.2, 0.25) is 0 Å². The van der Waals surface area contributed by atoms with E-state index in [0.29, 0.717) is 15.7 Å². The van der Waals surface area contributed by atoms with E-state index in [-0.39, 0.29) is 16.9 Å². The molecular formula is C16H9BrFNO3. The number of aromatic nitrogens is 1. The number of carboxylic acids is 1. The van der Waals surface area contributed by atoms with Crippen molar-refractivity contribution in [2.24, 2.45) is 0 Å². The highest BCUT2D eigenvalue weighted by Gasteiger charge is 2.13. The highest BCUT2D eigenvalue weighted by Crippen LogP contribution is 2.29. The van der Waals surface area contributed by atoms with Crippen LogP contribution < -0.4 is 0 Å². The molecule has 0 atom stereocenters. The number of nitrogens with zero attached hydrogens (tertiary/aromatic N) is 1. The Labute approximate surface area is 133 Å². The van der Waals surface area contributed by atoms with Crippen molar-refractivity contribution < 1.29 is 18.8 Å². The van der Waals surface area contributed by atoms with Gasteiger partial charge in [-0.25, -0.2) is 9.18 Å². The van der Waals surface area contributed by atoms with E-state index >= 15 is 0 Å². The maximum Gasteiger partial charge on any atom is 0.335 e. The van der Waals surface area contributed by atoms with Crippen molar-refractivity contribution in [3.05, 3.63) is 64.4 Å². The van der Waals surface area contributed by atoms with Crippen molar-refractivity contribution in [2.45, 2.75) is 0 Å². The number of halogens is 2. The Morgan fingerprint density at radius 3 is 2.73 bits per heavy atom. The van der Waals surface area contributed by atoms with Gasteiger partial charge >= 0.3 is 5.97 Å². The zero-order valence-corrected chi connectivity index (χ0v) is 12.7. The summed E-state index contributed by atoms with van der Waals surface area (Å²) < 4.78 is 19.7. The van der Waals surface area contributed by atoms with E-state index in [0.717, 1.165) is 0 Å². The number of hydrogen-bond donors (Lipinski definition) is 1. The van der Waals surface area contributed by atoms with Gasteiger partial charge in [0, 0.05) is 16.1 Å². The average Bonchev–Trinajstić information content (AvgIpc) is 2.97. The van der Waals surface area contributed by atoms with Crippen LogP contribution in [0.5, 0.6) is 0 Å². The maximum absolute atomic E-state index is 13.9. The number of carbonyl (C=O) groups is 1. The Hall–Kier alpha value is -2.47. The van der Waals surface area contributed by atoms with Crippen molar-refractivity contribution in [3.8, 4) is 22.6 Å². The topological polar surface area (TPSA) is 63.3 Å². The molecule has 0 aliphatic heterocycles. The molecule has 0 fully saturated rings. The highest BCUT2D eigenvalue weighted by molar-refractivity contribution is 9.10. The first kappa shape index (κ1) is 14.5. The molecule has 3 rings (SSSR count). The first-order valence-electron chi connectivity index (χ1n) is 6.30. The van der Waals surface area contributed by atoms with Crippen LogP contribution in [0.3, 0.4) is 0 Å². The summed E-state index contributed by atoms with van der Waals surface area (Å²) in [6.07, 6.45) is 0. The third-order valence-corrected chi connectivity index (χ3v) is 3.61. The van der Waals surface area contributed by atoms with Gasteiger partial charge in [0.1, 0.15) is 11.5 Å². The molecule has 22 heavy (non-hydrogen) atoms. The Balaban J connectivity index is 2.00. The standard InChI is InChI=1S/C16H9BrFNO3/c17-11-4-5-12(13(18)7-11)15-8-14(19-22-15)9-2-1-3-10(6-9)16(20)21/h1-8H,(H,20,21). The van der Waals surface area contributed by atoms with Crippen molar-refractivity contribution >= 4 is 21.9 Å². The number of carboxylic acid groups (broad SMARTS) is 1. The summed E-state index contributed by atoms with van der Waals surface area (Å²) in [6.45, 7) is 0. The zero-order valence-electron chi connectivity index (χ0n) is 11.1. The van der Waals surface area contributed by atoms with Crippen LogP contribution in [0.2, 0.25) is 0 Å². The SMILES string of the molecule is O=C(O)c1cccc(-c2cc(-c3ccc(Br)cc3F)on2)c1. The molecule has 0 unspecified atom stereocenters. The van der Waals surface area contributed by atoms with Crippen LogP contribution in [-0.4, -0.2) is 16.2 Å². The van der Waals surface area contributed by atoms with E-state index in [4.69, 9.17) is 9.63 Å². The van der Waals surface area contributed by atoms with E-state index in [2.05, 4.69) is 21.1 Å². The summed E-state index contributed by atoms with van der Waals surface area (Å²) in [5.74, 6) is -1.18. The minimum absolute atomic E-state index is 0.150. The van der Waals surface area contributed by atoms with Crippen LogP contribution in [-0.2, 0) is 0 Å². The summed E-state index contributed by atoms with van der Waals surface area (Å²) in [5.41, 5.74) is 1.47. The summed E-state index contributed by atoms with van der Waals surface area (Å²) in [4.78, 5) is 11.0. The molecule has 2 aromatic carbocycles. The van der Waals surface area contributed by atoms with E-state index in [1.165, 1.54) is 18.2 Å². The third-order valence-electron chi connectivity index (χ3n) is 3.11. The largest absolute Gasteiger partial charge is 0.478 e. The van der Waals surface area contributed by atoms with Gasteiger partial charge in [-0.1, -0.05) is 33.2 Å². The first-order chi connectivity index (χ1) is 10.5. The van der Waals surface area contributed by atoms with E-state index in [9.17, 15) is 9.18 Å². The molecule has 0 saturated heterocycles. The number of aromatic carboxylic acids is 1.